The quantitative estimate of drug-likeness (QED) is 0.147. The number of carbonyl (C=O) groups is 2. The van der Waals surface area contributed by atoms with Crippen molar-refractivity contribution in [2.24, 2.45) is 16.5 Å². The first kappa shape index (κ1) is 30.5. The van der Waals surface area contributed by atoms with Gasteiger partial charge in [-0.2, -0.15) is 0 Å². The maximum Gasteiger partial charge on any atom is 0.245 e. The molecule has 3 aromatic carbocycles. The number of carbonyl (C=O) groups excluding carboxylic acids is 2. The number of nitrogens with zero attached hydrogens (tertiary/aromatic N) is 2. The Balaban J connectivity index is 1.30. The highest BCUT2D eigenvalue weighted by atomic mass is 16.5. The van der Waals surface area contributed by atoms with Gasteiger partial charge in [-0.05, 0) is 66.6 Å². The maximum absolute atomic E-state index is 14.3. The molecule has 0 bridgehead atoms. The summed E-state index contributed by atoms with van der Waals surface area (Å²) < 4.78 is 6.41. The number of aliphatic imine (C=N–C) groups is 1. The molecule has 0 aliphatic carbocycles. The molecule has 0 aromatic heterocycles. The van der Waals surface area contributed by atoms with Crippen LogP contribution in [0.5, 0.6) is 0 Å². The first-order valence-electron chi connectivity index (χ1n) is 15.5. The Labute approximate surface area is 254 Å². The zero-order valence-corrected chi connectivity index (χ0v) is 24.8. The number of ether oxygens (including phenoxy) is 1. The summed E-state index contributed by atoms with van der Waals surface area (Å²) in [5, 5.41) is 8.80. The van der Waals surface area contributed by atoms with Crippen molar-refractivity contribution in [1.82, 2.24) is 15.5 Å². The summed E-state index contributed by atoms with van der Waals surface area (Å²) in [6.07, 6.45) is 5.36. The predicted octanol–water partition coefficient (Wildman–Crippen LogP) is 3.25. The van der Waals surface area contributed by atoms with Crippen molar-refractivity contribution < 1.29 is 14.3 Å². The SMILES string of the molecule is NC(N)=NCCC[C@@H]1C[C@H](OCc2ccc3ccccc3c2)CN1C(=O)[C@@H](Cc1ccccc1)NC(=O)[C@@H]1CCCCN1. The number of nitrogens with two attached hydrogens (primary N) is 2. The van der Waals surface area contributed by atoms with E-state index in [2.05, 4.69) is 46.0 Å². The summed E-state index contributed by atoms with van der Waals surface area (Å²) in [6.45, 7) is 2.26. The average Bonchev–Trinajstić information content (AvgIpc) is 3.45. The predicted molar refractivity (Wildman–Crippen MR) is 170 cm³/mol. The van der Waals surface area contributed by atoms with Crippen LogP contribution in [0.4, 0.5) is 0 Å². The van der Waals surface area contributed by atoms with Gasteiger partial charge in [-0.1, -0.05) is 73.2 Å². The molecule has 6 N–H and O–H groups in total. The lowest BCUT2D eigenvalue weighted by molar-refractivity contribution is -0.138. The minimum Gasteiger partial charge on any atom is -0.372 e. The molecule has 0 radical (unpaired) electrons. The van der Waals surface area contributed by atoms with E-state index in [1.165, 1.54) is 10.8 Å². The molecule has 0 saturated carbocycles. The van der Waals surface area contributed by atoms with Crippen LogP contribution in [-0.2, 0) is 27.4 Å². The fourth-order valence-corrected chi connectivity index (χ4v) is 6.21. The maximum atomic E-state index is 14.3. The van der Waals surface area contributed by atoms with E-state index in [0.717, 1.165) is 56.2 Å². The fourth-order valence-electron chi connectivity index (χ4n) is 6.21. The Morgan fingerprint density at radius 3 is 2.56 bits per heavy atom. The van der Waals surface area contributed by atoms with Gasteiger partial charge in [-0.3, -0.25) is 14.6 Å². The van der Waals surface area contributed by atoms with E-state index in [0.29, 0.717) is 26.1 Å². The summed E-state index contributed by atoms with van der Waals surface area (Å²) in [6, 6.07) is 23.5. The van der Waals surface area contributed by atoms with Crippen LogP contribution in [0.25, 0.3) is 10.8 Å². The number of hydrogen-bond donors (Lipinski definition) is 4. The number of piperidine rings is 1. The highest BCUT2D eigenvalue weighted by molar-refractivity contribution is 5.90. The average molecular weight is 585 g/mol. The molecule has 2 saturated heterocycles. The Morgan fingerprint density at radius 2 is 1.79 bits per heavy atom. The van der Waals surface area contributed by atoms with E-state index in [1.807, 2.05) is 47.4 Å². The van der Waals surface area contributed by atoms with Crippen LogP contribution >= 0.6 is 0 Å². The Morgan fingerprint density at radius 1 is 1.00 bits per heavy atom. The minimum absolute atomic E-state index is 0.0358. The molecule has 9 nitrogen and oxygen atoms in total. The van der Waals surface area contributed by atoms with Gasteiger partial charge < -0.3 is 31.7 Å². The molecular weight excluding hydrogens is 540 g/mol. The molecule has 3 aromatic rings. The number of nitrogens with one attached hydrogen (secondary N) is 2. The molecule has 5 rings (SSSR count). The van der Waals surface area contributed by atoms with Crippen LogP contribution < -0.4 is 22.1 Å². The van der Waals surface area contributed by atoms with Crippen molar-refractivity contribution in [3.05, 3.63) is 83.9 Å². The molecule has 2 aliphatic heterocycles. The largest absolute Gasteiger partial charge is 0.372 e. The zero-order chi connectivity index (χ0) is 30.0. The summed E-state index contributed by atoms with van der Waals surface area (Å²) in [4.78, 5) is 33.6. The third-order valence-corrected chi connectivity index (χ3v) is 8.47. The standard InChI is InChI=1S/C34H44N6O3/c35-34(36)38-18-8-13-28-21-29(43-23-25-15-16-26-11-4-5-12-27(26)19-25)22-40(28)33(42)31(20-24-9-2-1-3-10-24)39-32(41)30-14-6-7-17-37-30/h1-5,9-12,15-16,19,28-31,37H,6-8,13-14,17-18,20-23H2,(H,39,41)(H4,35,36,38)/t28-,29+,30+,31-/m1/s1. The lowest BCUT2D eigenvalue weighted by Gasteiger charge is -2.31. The van der Waals surface area contributed by atoms with Gasteiger partial charge in [0, 0.05) is 25.6 Å². The zero-order valence-electron chi connectivity index (χ0n) is 24.8. The summed E-state index contributed by atoms with van der Waals surface area (Å²) in [7, 11) is 0. The molecular formula is C34H44N6O3. The molecule has 2 amide bonds. The van der Waals surface area contributed by atoms with Crippen LogP contribution in [0.2, 0.25) is 0 Å². The molecule has 43 heavy (non-hydrogen) atoms. The summed E-state index contributed by atoms with van der Waals surface area (Å²) in [5.41, 5.74) is 13.2. The van der Waals surface area contributed by atoms with Gasteiger partial charge in [0.1, 0.15) is 6.04 Å². The van der Waals surface area contributed by atoms with Crippen LogP contribution in [0.1, 0.15) is 49.7 Å². The van der Waals surface area contributed by atoms with Gasteiger partial charge in [-0.15, -0.1) is 0 Å². The van der Waals surface area contributed by atoms with Crippen molar-refractivity contribution in [3.8, 4) is 0 Å². The second kappa shape index (κ2) is 15.0. The van der Waals surface area contributed by atoms with Crippen molar-refractivity contribution >= 4 is 28.5 Å². The number of benzene rings is 3. The second-order valence-corrected chi connectivity index (χ2v) is 11.7. The normalized spacial score (nSPS) is 20.9. The van der Waals surface area contributed by atoms with Crippen molar-refractivity contribution in [3.63, 3.8) is 0 Å². The van der Waals surface area contributed by atoms with Crippen LogP contribution in [-0.4, -0.2) is 66.5 Å². The van der Waals surface area contributed by atoms with Crippen LogP contribution in [0, 0.1) is 0 Å². The molecule has 2 fully saturated rings. The number of rotatable bonds is 12. The second-order valence-electron chi connectivity index (χ2n) is 11.7. The third-order valence-electron chi connectivity index (χ3n) is 8.47. The minimum atomic E-state index is -0.668. The van der Waals surface area contributed by atoms with Crippen LogP contribution in [0.15, 0.2) is 77.8 Å². The number of amides is 2. The fraction of sp³-hybridized carbons (Fsp3) is 0.441. The van der Waals surface area contributed by atoms with Gasteiger partial charge in [0.2, 0.25) is 11.8 Å². The van der Waals surface area contributed by atoms with Gasteiger partial charge in [0.05, 0.1) is 18.8 Å². The van der Waals surface area contributed by atoms with E-state index in [4.69, 9.17) is 16.2 Å². The Kier molecular flexibility index (Phi) is 10.6. The molecule has 0 unspecified atom stereocenters. The third kappa shape index (κ3) is 8.55. The highest BCUT2D eigenvalue weighted by Crippen LogP contribution is 2.27. The monoisotopic (exact) mass is 584 g/mol. The smallest absolute Gasteiger partial charge is 0.245 e. The van der Waals surface area contributed by atoms with E-state index in [9.17, 15) is 9.59 Å². The molecule has 4 atom stereocenters. The first-order chi connectivity index (χ1) is 21.0. The molecule has 2 heterocycles. The highest BCUT2D eigenvalue weighted by Gasteiger charge is 2.39. The van der Waals surface area contributed by atoms with Gasteiger partial charge >= 0.3 is 0 Å². The van der Waals surface area contributed by atoms with Crippen molar-refractivity contribution in [2.45, 2.75) is 75.8 Å². The van der Waals surface area contributed by atoms with E-state index >= 15 is 0 Å². The van der Waals surface area contributed by atoms with Crippen molar-refractivity contribution in [1.29, 1.82) is 0 Å². The molecule has 0 spiro atoms. The van der Waals surface area contributed by atoms with Gasteiger partial charge in [0.15, 0.2) is 5.96 Å². The number of hydrogen-bond acceptors (Lipinski definition) is 5. The summed E-state index contributed by atoms with van der Waals surface area (Å²) >= 11 is 0. The topological polar surface area (TPSA) is 135 Å². The number of fused-ring (bicyclic) bond motifs is 1. The number of guanidine groups is 1. The van der Waals surface area contributed by atoms with E-state index in [-0.39, 0.29) is 36.0 Å². The van der Waals surface area contributed by atoms with E-state index in [1.54, 1.807) is 0 Å². The van der Waals surface area contributed by atoms with Gasteiger partial charge in [-0.25, -0.2) is 0 Å². The Bertz CT molecular complexity index is 1390. The lowest BCUT2D eigenvalue weighted by Crippen LogP contribution is -2.56. The Hall–Kier alpha value is -3.95. The first-order valence-corrected chi connectivity index (χ1v) is 15.5. The van der Waals surface area contributed by atoms with E-state index < -0.39 is 6.04 Å². The van der Waals surface area contributed by atoms with Crippen molar-refractivity contribution in [2.75, 3.05) is 19.6 Å². The molecule has 228 valence electrons. The number of likely N-dealkylation sites (tertiary alicyclic amines) is 1. The van der Waals surface area contributed by atoms with Gasteiger partial charge in [0.25, 0.3) is 0 Å². The molecule has 2 aliphatic rings. The molecule has 9 heteroatoms. The van der Waals surface area contributed by atoms with Crippen LogP contribution in [0.3, 0.4) is 0 Å². The lowest BCUT2D eigenvalue weighted by atomic mass is 10.0. The summed E-state index contributed by atoms with van der Waals surface area (Å²) in [5.74, 6) is -0.115.